The number of allylic oxidation sites excluding steroid dienone is 1. The van der Waals surface area contributed by atoms with E-state index < -0.39 is 5.63 Å². The maximum Gasteiger partial charge on any atom is 0.345 e. The van der Waals surface area contributed by atoms with Gasteiger partial charge in [0.05, 0.1) is 29.7 Å². The SMILES string of the molecule is CCOc1cccc2cc(-c3csc(C(C#N)=Cc4ccco4)n3)c(=O)oc12. The van der Waals surface area contributed by atoms with Gasteiger partial charge in [-0.1, -0.05) is 12.1 Å². The zero-order valence-electron chi connectivity index (χ0n) is 14.8. The van der Waals surface area contributed by atoms with Crippen LogP contribution in [0.1, 0.15) is 17.7 Å². The number of hydrogen-bond donors (Lipinski definition) is 0. The molecule has 0 atom stereocenters. The van der Waals surface area contributed by atoms with Gasteiger partial charge in [-0.3, -0.25) is 0 Å². The first-order valence-corrected chi connectivity index (χ1v) is 9.39. The van der Waals surface area contributed by atoms with Crippen molar-refractivity contribution in [1.29, 1.82) is 5.26 Å². The van der Waals surface area contributed by atoms with E-state index in [1.165, 1.54) is 17.6 Å². The van der Waals surface area contributed by atoms with Crippen molar-refractivity contribution in [2.24, 2.45) is 0 Å². The summed E-state index contributed by atoms with van der Waals surface area (Å²) in [4.78, 5) is 17.0. The Morgan fingerprint density at radius 3 is 3.00 bits per heavy atom. The normalized spacial score (nSPS) is 11.5. The molecule has 6 nitrogen and oxygen atoms in total. The smallest absolute Gasteiger partial charge is 0.345 e. The highest BCUT2D eigenvalue weighted by atomic mass is 32.1. The van der Waals surface area contributed by atoms with Crippen molar-refractivity contribution in [3.8, 4) is 23.1 Å². The quantitative estimate of drug-likeness (QED) is 0.353. The molecule has 0 unspecified atom stereocenters. The number of thiazole rings is 1. The monoisotopic (exact) mass is 390 g/mol. The van der Waals surface area contributed by atoms with Gasteiger partial charge in [-0.05, 0) is 31.2 Å². The van der Waals surface area contributed by atoms with Crippen molar-refractivity contribution in [1.82, 2.24) is 4.98 Å². The van der Waals surface area contributed by atoms with E-state index in [0.717, 1.165) is 5.39 Å². The summed E-state index contributed by atoms with van der Waals surface area (Å²) in [5.41, 5.74) is 1.04. The average Bonchev–Trinajstić information content (AvgIpc) is 3.38. The van der Waals surface area contributed by atoms with Crippen LogP contribution in [0.2, 0.25) is 0 Å². The molecule has 3 heterocycles. The van der Waals surface area contributed by atoms with Crippen molar-refractivity contribution in [2.75, 3.05) is 6.61 Å². The predicted octanol–water partition coefficient (Wildman–Crippen LogP) is 4.97. The molecule has 0 N–H and O–H groups in total. The van der Waals surface area contributed by atoms with Crippen molar-refractivity contribution < 1.29 is 13.6 Å². The fourth-order valence-electron chi connectivity index (χ4n) is 2.74. The third-order valence-electron chi connectivity index (χ3n) is 3.98. The molecule has 0 fully saturated rings. The molecular formula is C21H14N2O4S. The summed E-state index contributed by atoms with van der Waals surface area (Å²) >= 11 is 1.28. The minimum Gasteiger partial charge on any atom is -0.490 e. The lowest BCUT2D eigenvalue weighted by atomic mass is 10.1. The number of furan rings is 1. The van der Waals surface area contributed by atoms with Crippen LogP contribution < -0.4 is 10.4 Å². The van der Waals surface area contributed by atoms with Crippen LogP contribution in [0.5, 0.6) is 5.75 Å². The van der Waals surface area contributed by atoms with E-state index in [0.29, 0.717) is 45.5 Å². The predicted molar refractivity (Wildman–Crippen MR) is 107 cm³/mol. The lowest BCUT2D eigenvalue weighted by Crippen LogP contribution is -2.04. The number of benzene rings is 1. The number of aromatic nitrogens is 1. The maximum absolute atomic E-state index is 12.5. The molecule has 0 aliphatic heterocycles. The molecule has 138 valence electrons. The second kappa shape index (κ2) is 7.55. The molecule has 0 bridgehead atoms. The molecule has 7 heteroatoms. The molecule has 0 spiro atoms. The first-order valence-electron chi connectivity index (χ1n) is 8.51. The van der Waals surface area contributed by atoms with Crippen LogP contribution in [0.3, 0.4) is 0 Å². The molecule has 3 aromatic heterocycles. The molecular weight excluding hydrogens is 376 g/mol. The highest BCUT2D eigenvalue weighted by Crippen LogP contribution is 2.30. The third-order valence-corrected chi connectivity index (χ3v) is 4.86. The molecule has 4 aromatic rings. The lowest BCUT2D eigenvalue weighted by molar-refractivity contribution is 0.337. The molecule has 0 aliphatic carbocycles. The Morgan fingerprint density at radius 2 is 2.25 bits per heavy atom. The van der Waals surface area contributed by atoms with E-state index in [9.17, 15) is 10.1 Å². The van der Waals surface area contributed by atoms with E-state index in [1.807, 2.05) is 19.1 Å². The van der Waals surface area contributed by atoms with Crippen molar-refractivity contribution in [3.05, 3.63) is 69.2 Å². The number of fused-ring (bicyclic) bond motifs is 1. The minimum absolute atomic E-state index is 0.332. The Kier molecular flexibility index (Phi) is 4.79. The number of para-hydroxylation sites is 1. The Balaban J connectivity index is 1.76. The van der Waals surface area contributed by atoms with Crippen LogP contribution in [0.25, 0.3) is 33.9 Å². The fourth-order valence-corrected chi connectivity index (χ4v) is 3.53. The summed E-state index contributed by atoms with van der Waals surface area (Å²) in [5, 5.41) is 12.4. The van der Waals surface area contributed by atoms with Gasteiger partial charge in [0.25, 0.3) is 0 Å². The summed E-state index contributed by atoms with van der Waals surface area (Å²) in [5.74, 6) is 1.08. The van der Waals surface area contributed by atoms with E-state index in [2.05, 4.69) is 11.1 Å². The highest BCUT2D eigenvalue weighted by molar-refractivity contribution is 7.11. The first-order chi connectivity index (χ1) is 13.7. The van der Waals surface area contributed by atoms with Gasteiger partial charge >= 0.3 is 5.63 Å². The van der Waals surface area contributed by atoms with Gasteiger partial charge in [0, 0.05) is 16.8 Å². The largest absolute Gasteiger partial charge is 0.490 e. The second-order valence-corrected chi connectivity index (χ2v) is 6.64. The number of nitriles is 1. The molecule has 0 radical (unpaired) electrons. The van der Waals surface area contributed by atoms with Crippen molar-refractivity contribution in [3.63, 3.8) is 0 Å². The number of nitrogens with zero attached hydrogens (tertiary/aromatic N) is 2. The summed E-state index contributed by atoms with van der Waals surface area (Å²) in [6.07, 6.45) is 3.14. The first kappa shape index (κ1) is 17.8. The molecule has 1 aromatic carbocycles. The summed E-state index contributed by atoms with van der Waals surface area (Å²) in [6, 6.07) is 12.8. The molecule has 0 aliphatic rings. The van der Waals surface area contributed by atoms with Crippen LogP contribution in [0.4, 0.5) is 0 Å². The van der Waals surface area contributed by atoms with E-state index >= 15 is 0 Å². The molecule has 0 saturated heterocycles. The van der Waals surface area contributed by atoms with Crippen LogP contribution >= 0.6 is 11.3 Å². The Bertz CT molecular complexity index is 1260. The Morgan fingerprint density at radius 1 is 1.36 bits per heavy atom. The summed E-state index contributed by atoms with van der Waals surface area (Å²) in [7, 11) is 0. The highest BCUT2D eigenvalue weighted by Gasteiger charge is 2.15. The molecule has 4 rings (SSSR count). The minimum atomic E-state index is -0.509. The standard InChI is InChI=1S/C21H14N2O4S/c1-2-25-18-7-3-5-13-10-16(21(24)27-19(13)18)17-12-28-20(23-17)14(11-22)9-15-6-4-8-26-15/h3-10,12H,2H2,1H3. The van der Waals surface area contributed by atoms with Crippen LogP contribution in [0.15, 0.2) is 61.7 Å². The van der Waals surface area contributed by atoms with E-state index in [4.69, 9.17) is 13.6 Å². The second-order valence-electron chi connectivity index (χ2n) is 5.78. The molecule has 28 heavy (non-hydrogen) atoms. The number of ether oxygens (including phenoxy) is 1. The van der Waals surface area contributed by atoms with Gasteiger partial charge in [0.15, 0.2) is 11.3 Å². The van der Waals surface area contributed by atoms with Gasteiger partial charge < -0.3 is 13.6 Å². The van der Waals surface area contributed by atoms with Crippen LogP contribution in [-0.2, 0) is 0 Å². The van der Waals surface area contributed by atoms with Gasteiger partial charge in [-0.2, -0.15) is 5.26 Å². The zero-order valence-corrected chi connectivity index (χ0v) is 15.7. The van der Waals surface area contributed by atoms with E-state index in [-0.39, 0.29) is 0 Å². The number of hydrogen-bond acceptors (Lipinski definition) is 7. The Labute approximate surface area is 163 Å². The molecule has 0 amide bonds. The summed E-state index contributed by atoms with van der Waals surface area (Å²) in [6.45, 7) is 2.34. The van der Waals surface area contributed by atoms with Gasteiger partial charge in [0.2, 0.25) is 0 Å². The average molecular weight is 390 g/mol. The van der Waals surface area contributed by atoms with Gasteiger partial charge in [-0.25, -0.2) is 9.78 Å². The Hall–Kier alpha value is -3.63. The fraction of sp³-hybridized carbons (Fsp3) is 0.0952. The topological polar surface area (TPSA) is 89.3 Å². The number of rotatable bonds is 5. The zero-order chi connectivity index (χ0) is 19.5. The van der Waals surface area contributed by atoms with Gasteiger partial charge in [-0.15, -0.1) is 11.3 Å². The van der Waals surface area contributed by atoms with Crippen LogP contribution in [-0.4, -0.2) is 11.6 Å². The van der Waals surface area contributed by atoms with E-state index in [1.54, 1.807) is 35.7 Å². The van der Waals surface area contributed by atoms with Crippen molar-refractivity contribution >= 4 is 34.0 Å². The van der Waals surface area contributed by atoms with Crippen LogP contribution in [0, 0.1) is 11.3 Å². The van der Waals surface area contributed by atoms with Crippen molar-refractivity contribution in [2.45, 2.75) is 6.92 Å². The lowest BCUT2D eigenvalue weighted by Gasteiger charge is -2.06. The molecule has 0 saturated carbocycles. The van der Waals surface area contributed by atoms with Gasteiger partial charge in [0.1, 0.15) is 16.8 Å². The maximum atomic E-state index is 12.5. The third kappa shape index (κ3) is 3.33. The summed E-state index contributed by atoms with van der Waals surface area (Å²) < 4.78 is 16.3.